The maximum atomic E-state index is 6.19. The lowest BCUT2D eigenvalue weighted by molar-refractivity contribution is 0.771. The molecular weight excluding hydrogens is 208 g/mol. The van der Waals surface area contributed by atoms with Crippen LogP contribution in [0.2, 0.25) is 5.15 Å². The summed E-state index contributed by atoms with van der Waals surface area (Å²) in [6.45, 7) is 0. The van der Waals surface area contributed by atoms with Crippen molar-refractivity contribution in [2.45, 2.75) is 12.8 Å². The maximum Gasteiger partial charge on any atom is 0.130 e. The molecule has 1 aliphatic rings. The molecule has 1 aliphatic carbocycles. The number of aromatic nitrogens is 2. The van der Waals surface area contributed by atoms with Crippen LogP contribution in [0.5, 0.6) is 0 Å². The molecule has 0 fully saturated rings. The molecule has 0 N–H and O–H groups in total. The fourth-order valence-corrected chi connectivity index (χ4v) is 2.44. The summed E-state index contributed by atoms with van der Waals surface area (Å²) in [5, 5.41) is 5.25. The lowest BCUT2D eigenvalue weighted by atomic mass is 9.91. The highest BCUT2D eigenvalue weighted by Crippen LogP contribution is 2.35. The first-order valence-electron chi connectivity index (χ1n) is 5.07. The summed E-state index contributed by atoms with van der Waals surface area (Å²) in [4.78, 5) is 0. The molecule has 0 unspecified atom stereocenters. The number of nitrogens with zero attached hydrogens (tertiary/aromatic N) is 2. The molecule has 0 saturated heterocycles. The second-order valence-corrected chi connectivity index (χ2v) is 4.26. The Hall–Kier alpha value is -1.28. The lowest BCUT2D eigenvalue weighted by Crippen LogP contribution is -2.02. The molecule has 76 valence electrons. The van der Waals surface area contributed by atoms with Crippen LogP contribution in [0.4, 0.5) is 0 Å². The standard InChI is InChI=1S/C12H11ClN2/c1-15-12(13)10-7-6-8-4-2-3-5-9(8)11(10)14-15/h2-5H,6-7H2,1H3. The van der Waals surface area contributed by atoms with E-state index in [0.29, 0.717) is 0 Å². The summed E-state index contributed by atoms with van der Waals surface area (Å²) < 4.78 is 1.76. The topological polar surface area (TPSA) is 17.8 Å². The molecule has 2 aromatic rings. The Morgan fingerprint density at radius 3 is 2.93 bits per heavy atom. The Morgan fingerprint density at radius 2 is 2.07 bits per heavy atom. The number of benzene rings is 1. The predicted octanol–water partition coefficient (Wildman–Crippen LogP) is 2.84. The van der Waals surface area contributed by atoms with E-state index in [1.54, 1.807) is 4.68 Å². The summed E-state index contributed by atoms with van der Waals surface area (Å²) in [7, 11) is 1.89. The summed E-state index contributed by atoms with van der Waals surface area (Å²) >= 11 is 6.19. The zero-order chi connectivity index (χ0) is 10.4. The van der Waals surface area contributed by atoms with Gasteiger partial charge in [0, 0.05) is 18.2 Å². The van der Waals surface area contributed by atoms with Crippen LogP contribution in [0.3, 0.4) is 0 Å². The SMILES string of the molecule is Cn1nc2c(c1Cl)CCc1ccccc1-2. The van der Waals surface area contributed by atoms with Crippen molar-refractivity contribution in [3.63, 3.8) is 0 Å². The van der Waals surface area contributed by atoms with Gasteiger partial charge in [0.1, 0.15) is 5.15 Å². The summed E-state index contributed by atoms with van der Waals surface area (Å²) in [5.74, 6) is 0. The molecule has 0 aliphatic heterocycles. The van der Waals surface area contributed by atoms with Crippen molar-refractivity contribution in [2.75, 3.05) is 0 Å². The van der Waals surface area contributed by atoms with E-state index < -0.39 is 0 Å². The fraction of sp³-hybridized carbons (Fsp3) is 0.250. The van der Waals surface area contributed by atoms with E-state index in [0.717, 1.165) is 23.7 Å². The van der Waals surface area contributed by atoms with Crippen molar-refractivity contribution < 1.29 is 0 Å². The Kier molecular flexibility index (Phi) is 1.86. The van der Waals surface area contributed by atoms with Gasteiger partial charge in [0.2, 0.25) is 0 Å². The zero-order valence-corrected chi connectivity index (χ0v) is 9.25. The zero-order valence-electron chi connectivity index (χ0n) is 8.50. The van der Waals surface area contributed by atoms with Gasteiger partial charge in [0.05, 0.1) is 5.69 Å². The molecule has 1 aromatic heterocycles. The fourth-order valence-electron chi connectivity index (χ4n) is 2.21. The smallest absolute Gasteiger partial charge is 0.130 e. The van der Waals surface area contributed by atoms with Gasteiger partial charge < -0.3 is 0 Å². The van der Waals surface area contributed by atoms with Crippen LogP contribution in [-0.2, 0) is 19.9 Å². The van der Waals surface area contributed by atoms with Gasteiger partial charge >= 0.3 is 0 Å². The highest BCUT2D eigenvalue weighted by atomic mass is 35.5. The number of halogens is 1. The van der Waals surface area contributed by atoms with E-state index in [4.69, 9.17) is 11.6 Å². The predicted molar refractivity (Wildman–Crippen MR) is 61.1 cm³/mol. The van der Waals surface area contributed by atoms with Crippen LogP contribution in [0, 0.1) is 0 Å². The third-order valence-electron chi connectivity index (χ3n) is 2.99. The van der Waals surface area contributed by atoms with E-state index >= 15 is 0 Å². The number of fused-ring (bicyclic) bond motifs is 3. The summed E-state index contributed by atoms with van der Waals surface area (Å²) in [6.07, 6.45) is 2.06. The van der Waals surface area contributed by atoms with Crippen LogP contribution in [0.1, 0.15) is 11.1 Å². The molecule has 1 heterocycles. The molecule has 0 amide bonds. The van der Waals surface area contributed by atoms with Crippen LogP contribution in [-0.4, -0.2) is 9.78 Å². The molecule has 0 atom stereocenters. The number of aryl methyl sites for hydroxylation is 2. The van der Waals surface area contributed by atoms with Crippen molar-refractivity contribution in [2.24, 2.45) is 7.05 Å². The molecule has 0 bridgehead atoms. The molecule has 0 spiro atoms. The first kappa shape index (κ1) is 8.98. The molecular formula is C12H11ClN2. The summed E-state index contributed by atoms with van der Waals surface area (Å²) in [5.41, 5.74) is 4.86. The quantitative estimate of drug-likeness (QED) is 0.665. The van der Waals surface area contributed by atoms with E-state index in [2.05, 4.69) is 29.4 Å². The molecule has 3 heteroatoms. The average molecular weight is 219 g/mol. The van der Waals surface area contributed by atoms with Crippen molar-refractivity contribution in [3.05, 3.63) is 40.5 Å². The number of rotatable bonds is 0. The van der Waals surface area contributed by atoms with Gasteiger partial charge in [0.25, 0.3) is 0 Å². The molecule has 2 nitrogen and oxygen atoms in total. The molecule has 0 saturated carbocycles. The van der Waals surface area contributed by atoms with Gasteiger partial charge in [-0.15, -0.1) is 0 Å². The minimum absolute atomic E-state index is 0.777. The van der Waals surface area contributed by atoms with E-state index in [1.807, 2.05) is 7.05 Å². The van der Waals surface area contributed by atoms with Crippen molar-refractivity contribution in [1.82, 2.24) is 9.78 Å². The second-order valence-electron chi connectivity index (χ2n) is 3.90. The van der Waals surface area contributed by atoms with Gasteiger partial charge in [0.15, 0.2) is 0 Å². The summed E-state index contributed by atoms with van der Waals surface area (Å²) in [6, 6.07) is 8.42. The van der Waals surface area contributed by atoms with Crippen molar-refractivity contribution >= 4 is 11.6 Å². The molecule has 0 radical (unpaired) electrons. The maximum absolute atomic E-state index is 6.19. The monoisotopic (exact) mass is 218 g/mol. The van der Waals surface area contributed by atoms with E-state index in [9.17, 15) is 0 Å². The van der Waals surface area contributed by atoms with Crippen molar-refractivity contribution in [3.8, 4) is 11.3 Å². The Labute approximate surface area is 93.5 Å². The minimum Gasteiger partial charge on any atom is -0.256 e. The van der Waals surface area contributed by atoms with Gasteiger partial charge in [-0.25, -0.2) is 0 Å². The first-order chi connectivity index (χ1) is 7.27. The third-order valence-corrected chi connectivity index (χ3v) is 3.46. The van der Waals surface area contributed by atoms with E-state index in [-0.39, 0.29) is 0 Å². The highest BCUT2D eigenvalue weighted by Gasteiger charge is 2.22. The van der Waals surface area contributed by atoms with Crippen LogP contribution >= 0.6 is 11.6 Å². The van der Waals surface area contributed by atoms with Crippen LogP contribution in [0.15, 0.2) is 24.3 Å². The van der Waals surface area contributed by atoms with Gasteiger partial charge in [-0.1, -0.05) is 35.9 Å². The number of hydrogen-bond donors (Lipinski definition) is 0. The normalized spacial score (nSPS) is 13.5. The Balaban J connectivity index is 2.30. The van der Waals surface area contributed by atoms with E-state index in [1.165, 1.54) is 16.7 Å². The largest absolute Gasteiger partial charge is 0.256 e. The third kappa shape index (κ3) is 1.21. The number of hydrogen-bond acceptors (Lipinski definition) is 1. The average Bonchev–Trinajstić information content (AvgIpc) is 2.56. The Bertz CT molecular complexity index is 528. The highest BCUT2D eigenvalue weighted by molar-refractivity contribution is 6.30. The molecule has 1 aromatic carbocycles. The minimum atomic E-state index is 0.777. The van der Waals surface area contributed by atoms with Gasteiger partial charge in [-0.3, -0.25) is 4.68 Å². The Morgan fingerprint density at radius 1 is 1.27 bits per heavy atom. The molecule has 3 rings (SSSR count). The second kappa shape index (κ2) is 3.11. The molecule has 15 heavy (non-hydrogen) atoms. The lowest BCUT2D eigenvalue weighted by Gasteiger charge is -2.14. The van der Waals surface area contributed by atoms with Gasteiger partial charge in [-0.2, -0.15) is 5.10 Å². The van der Waals surface area contributed by atoms with Gasteiger partial charge in [-0.05, 0) is 18.4 Å². The van der Waals surface area contributed by atoms with Crippen LogP contribution in [0.25, 0.3) is 11.3 Å². The van der Waals surface area contributed by atoms with Crippen molar-refractivity contribution in [1.29, 1.82) is 0 Å². The first-order valence-corrected chi connectivity index (χ1v) is 5.45. The van der Waals surface area contributed by atoms with Crippen LogP contribution < -0.4 is 0 Å².